The molecule has 1 saturated heterocycles. The SMILES string of the molecule is CCS(=O)(=O)C1CSCCN1C=CC(=O)O. The molecule has 1 unspecified atom stereocenters. The molecular formula is C9H15NO4S2. The van der Waals surface area contributed by atoms with E-state index in [2.05, 4.69) is 0 Å². The Morgan fingerprint density at radius 1 is 1.62 bits per heavy atom. The summed E-state index contributed by atoms with van der Waals surface area (Å²) in [4.78, 5) is 12.0. The molecule has 92 valence electrons. The second-order valence-electron chi connectivity index (χ2n) is 3.37. The van der Waals surface area contributed by atoms with Gasteiger partial charge in [-0.1, -0.05) is 6.92 Å². The molecule has 1 atom stereocenters. The lowest BCUT2D eigenvalue weighted by Gasteiger charge is -2.33. The molecule has 0 aromatic carbocycles. The first-order valence-corrected chi connectivity index (χ1v) is 7.80. The Morgan fingerprint density at radius 2 is 2.31 bits per heavy atom. The molecule has 0 aromatic rings. The summed E-state index contributed by atoms with van der Waals surface area (Å²) >= 11 is 1.58. The molecule has 0 bridgehead atoms. The number of hydrogen-bond acceptors (Lipinski definition) is 5. The van der Waals surface area contributed by atoms with Gasteiger partial charge in [-0.15, -0.1) is 0 Å². The van der Waals surface area contributed by atoms with E-state index in [1.807, 2.05) is 0 Å². The highest BCUT2D eigenvalue weighted by atomic mass is 32.2. The van der Waals surface area contributed by atoms with Crippen LogP contribution in [-0.2, 0) is 14.6 Å². The van der Waals surface area contributed by atoms with Gasteiger partial charge >= 0.3 is 5.97 Å². The zero-order valence-corrected chi connectivity index (χ0v) is 10.6. The van der Waals surface area contributed by atoms with E-state index in [0.29, 0.717) is 12.3 Å². The molecular weight excluding hydrogens is 250 g/mol. The maximum Gasteiger partial charge on any atom is 0.329 e. The molecule has 1 aliphatic heterocycles. The van der Waals surface area contributed by atoms with E-state index in [4.69, 9.17) is 5.11 Å². The van der Waals surface area contributed by atoms with Gasteiger partial charge < -0.3 is 10.0 Å². The topological polar surface area (TPSA) is 74.7 Å². The summed E-state index contributed by atoms with van der Waals surface area (Å²) in [7, 11) is -3.16. The van der Waals surface area contributed by atoms with Crippen LogP contribution in [0.1, 0.15) is 6.92 Å². The van der Waals surface area contributed by atoms with Gasteiger partial charge in [0.2, 0.25) is 0 Å². The minimum Gasteiger partial charge on any atom is -0.478 e. The van der Waals surface area contributed by atoms with Crippen LogP contribution in [0.2, 0.25) is 0 Å². The van der Waals surface area contributed by atoms with Crippen molar-refractivity contribution in [3.8, 4) is 0 Å². The molecule has 1 N–H and O–H groups in total. The van der Waals surface area contributed by atoms with Crippen LogP contribution in [0, 0.1) is 0 Å². The van der Waals surface area contributed by atoms with Gasteiger partial charge in [0.25, 0.3) is 0 Å². The van der Waals surface area contributed by atoms with Gasteiger partial charge in [0.1, 0.15) is 5.37 Å². The molecule has 1 heterocycles. The van der Waals surface area contributed by atoms with Crippen molar-refractivity contribution in [3.63, 3.8) is 0 Å². The number of rotatable bonds is 4. The lowest BCUT2D eigenvalue weighted by atomic mass is 10.5. The van der Waals surface area contributed by atoms with Crippen molar-refractivity contribution >= 4 is 27.6 Å². The minimum absolute atomic E-state index is 0.0790. The highest BCUT2D eigenvalue weighted by Gasteiger charge is 2.30. The molecule has 16 heavy (non-hydrogen) atoms. The Balaban J connectivity index is 2.83. The van der Waals surface area contributed by atoms with Crippen molar-refractivity contribution in [2.24, 2.45) is 0 Å². The Bertz CT molecular complexity index is 377. The van der Waals surface area contributed by atoms with E-state index >= 15 is 0 Å². The second kappa shape index (κ2) is 5.58. The molecule has 0 saturated carbocycles. The third-order valence-corrected chi connectivity index (χ3v) is 5.65. The van der Waals surface area contributed by atoms with E-state index in [-0.39, 0.29) is 5.75 Å². The molecule has 0 radical (unpaired) electrons. The average molecular weight is 265 g/mol. The van der Waals surface area contributed by atoms with E-state index in [0.717, 1.165) is 11.8 Å². The van der Waals surface area contributed by atoms with Gasteiger partial charge in [-0.2, -0.15) is 11.8 Å². The van der Waals surface area contributed by atoms with Crippen molar-refractivity contribution in [2.75, 3.05) is 23.8 Å². The number of thioether (sulfide) groups is 1. The number of carbonyl (C=O) groups is 1. The zero-order valence-electron chi connectivity index (χ0n) is 9.00. The maximum absolute atomic E-state index is 11.8. The van der Waals surface area contributed by atoms with Crippen molar-refractivity contribution in [2.45, 2.75) is 12.3 Å². The first-order valence-electron chi connectivity index (χ1n) is 4.93. The standard InChI is InChI=1S/C9H15NO4S2/c1-2-16(13,14)8-7-15-6-5-10(8)4-3-9(11)12/h3-4,8H,2,5-7H2,1H3,(H,11,12). The van der Waals surface area contributed by atoms with Gasteiger partial charge in [-0.3, -0.25) is 0 Å². The summed E-state index contributed by atoms with van der Waals surface area (Å²) in [6.45, 7) is 2.17. The van der Waals surface area contributed by atoms with Crippen molar-refractivity contribution < 1.29 is 18.3 Å². The lowest BCUT2D eigenvalue weighted by molar-refractivity contribution is -0.131. The summed E-state index contributed by atoms with van der Waals surface area (Å²) in [6.07, 6.45) is 2.34. The molecule has 5 nitrogen and oxygen atoms in total. The van der Waals surface area contributed by atoms with Crippen molar-refractivity contribution in [1.82, 2.24) is 4.90 Å². The molecule has 7 heteroatoms. The zero-order chi connectivity index (χ0) is 12.2. The van der Waals surface area contributed by atoms with Gasteiger partial charge in [0.05, 0.1) is 0 Å². The summed E-state index contributed by atoms with van der Waals surface area (Å²) in [5.41, 5.74) is 0. The smallest absolute Gasteiger partial charge is 0.329 e. The van der Waals surface area contributed by atoms with Crippen LogP contribution in [0.3, 0.4) is 0 Å². The molecule has 0 aromatic heterocycles. The average Bonchev–Trinajstić information content (AvgIpc) is 2.26. The number of carboxylic acid groups (broad SMARTS) is 1. The van der Waals surface area contributed by atoms with Crippen LogP contribution in [0.25, 0.3) is 0 Å². The highest BCUT2D eigenvalue weighted by Crippen LogP contribution is 2.21. The number of carboxylic acids is 1. The van der Waals surface area contributed by atoms with E-state index < -0.39 is 21.2 Å². The summed E-state index contributed by atoms with van der Waals surface area (Å²) in [5, 5.41) is 7.93. The molecule has 1 rings (SSSR count). The van der Waals surface area contributed by atoms with Crippen LogP contribution >= 0.6 is 11.8 Å². The van der Waals surface area contributed by atoms with E-state index in [1.54, 1.807) is 23.6 Å². The highest BCUT2D eigenvalue weighted by molar-refractivity contribution is 8.01. The Kier molecular flexibility index (Phi) is 4.67. The fourth-order valence-electron chi connectivity index (χ4n) is 1.43. The summed E-state index contributed by atoms with van der Waals surface area (Å²) < 4.78 is 23.5. The van der Waals surface area contributed by atoms with E-state index in [9.17, 15) is 13.2 Å². The van der Waals surface area contributed by atoms with Crippen LogP contribution in [0.15, 0.2) is 12.3 Å². The summed E-state index contributed by atoms with van der Waals surface area (Å²) in [5.74, 6) is 0.334. The fourth-order valence-corrected chi connectivity index (χ4v) is 4.42. The van der Waals surface area contributed by atoms with Crippen LogP contribution < -0.4 is 0 Å². The minimum atomic E-state index is -3.16. The van der Waals surface area contributed by atoms with Crippen LogP contribution in [-0.4, -0.2) is 53.6 Å². The molecule has 1 aliphatic rings. The van der Waals surface area contributed by atoms with Gasteiger partial charge in [-0.25, -0.2) is 13.2 Å². The predicted molar refractivity (Wildman–Crippen MR) is 64.1 cm³/mol. The third-order valence-electron chi connectivity index (χ3n) is 2.35. The van der Waals surface area contributed by atoms with Gasteiger partial charge in [-0.05, 0) is 0 Å². The summed E-state index contributed by atoms with van der Waals surface area (Å²) in [6, 6.07) is 0. The number of aliphatic carboxylic acids is 1. The van der Waals surface area contributed by atoms with Gasteiger partial charge in [0, 0.05) is 36.1 Å². The Morgan fingerprint density at radius 3 is 2.88 bits per heavy atom. The third kappa shape index (κ3) is 3.41. The van der Waals surface area contributed by atoms with Gasteiger partial charge in [0.15, 0.2) is 9.84 Å². The molecule has 0 amide bonds. The van der Waals surface area contributed by atoms with E-state index in [1.165, 1.54) is 6.20 Å². The lowest BCUT2D eigenvalue weighted by Crippen LogP contribution is -2.44. The molecule has 0 spiro atoms. The number of nitrogens with zero attached hydrogens (tertiary/aromatic N) is 1. The van der Waals surface area contributed by atoms with Crippen molar-refractivity contribution in [3.05, 3.63) is 12.3 Å². The Hall–Kier alpha value is -0.690. The van der Waals surface area contributed by atoms with Crippen LogP contribution in [0.5, 0.6) is 0 Å². The first kappa shape index (κ1) is 13.4. The molecule has 0 aliphatic carbocycles. The molecule has 1 fully saturated rings. The normalized spacial score (nSPS) is 22.6. The maximum atomic E-state index is 11.8. The fraction of sp³-hybridized carbons (Fsp3) is 0.667. The number of hydrogen-bond donors (Lipinski definition) is 1. The van der Waals surface area contributed by atoms with Crippen LogP contribution in [0.4, 0.5) is 0 Å². The quantitative estimate of drug-likeness (QED) is 0.741. The van der Waals surface area contributed by atoms with Crippen molar-refractivity contribution in [1.29, 1.82) is 0 Å². The largest absolute Gasteiger partial charge is 0.478 e. The Labute approximate surface area is 99.4 Å². The monoisotopic (exact) mass is 265 g/mol. The number of sulfone groups is 1. The predicted octanol–water partition coefficient (Wildman–Crippen LogP) is 0.394. The second-order valence-corrected chi connectivity index (χ2v) is 6.97. The first-order chi connectivity index (χ1) is 7.47.